The summed E-state index contributed by atoms with van der Waals surface area (Å²) >= 11 is 0. The molecule has 2 aromatic carbocycles. The van der Waals surface area contributed by atoms with Crippen molar-refractivity contribution in [3.05, 3.63) is 77.1 Å². The van der Waals surface area contributed by atoms with E-state index in [4.69, 9.17) is 10.5 Å². The first-order valence-corrected chi connectivity index (χ1v) is 8.00. The number of ether oxygens (including phenoxy) is 1. The van der Waals surface area contributed by atoms with Crippen LogP contribution in [0.2, 0.25) is 0 Å². The van der Waals surface area contributed by atoms with Crippen LogP contribution < -0.4 is 10.5 Å². The standard InChI is InChI=1S/C20H14FN3O2/c1-11(25)24-16-5-3-2-4-14(16)19-18(24)17(15(10-22)20(23)26-19)12-6-8-13(21)9-7-12/h2-9,17H,23H2,1H3/t17-/m0/s1. The molecule has 0 radical (unpaired) electrons. The highest BCUT2D eigenvalue weighted by Gasteiger charge is 2.36. The van der Waals surface area contributed by atoms with Gasteiger partial charge in [-0.25, -0.2) is 4.39 Å². The summed E-state index contributed by atoms with van der Waals surface area (Å²) in [5, 5.41) is 10.4. The molecule has 0 aliphatic carbocycles. The summed E-state index contributed by atoms with van der Waals surface area (Å²) in [7, 11) is 0. The molecule has 1 aliphatic rings. The number of hydrogen-bond donors (Lipinski definition) is 1. The quantitative estimate of drug-likeness (QED) is 0.728. The van der Waals surface area contributed by atoms with Crippen molar-refractivity contribution in [2.75, 3.05) is 0 Å². The lowest BCUT2D eigenvalue weighted by Crippen LogP contribution is -2.24. The van der Waals surface area contributed by atoms with Crippen molar-refractivity contribution in [2.24, 2.45) is 5.73 Å². The summed E-state index contributed by atoms with van der Waals surface area (Å²) in [4.78, 5) is 12.4. The number of rotatable bonds is 1. The molecule has 0 fully saturated rings. The van der Waals surface area contributed by atoms with E-state index < -0.39 is 5.92 Å². The topological polar surface area (TPSA) is 81.0 Å². The van der Waals surface area contributed by atoms with Gasteiger partial charge >= 0.3 is 0 Å². The van der Waals surface area contributed by atoms with Crippen LogP contribution in [0.3, 0.4) is 0 Å². The van der Waals surface area contributed by atoms with Crippen LogP contribution in [0.25, 0.3) is 10.9 Å². The predicted octanol–water partition coefficient (Wildman–Crippen LogP) is 3.66. The molecule has 0 saturated heterocycles. The minimum Gasteiger partial charge on any atom is -0.438 e. The SMILES string of the molecule is CC(=O)n1c2c(c3ccccc31)OC(N)=C(C#N)[C@@H]2c1ccc(F)cc1. The Hall–Kier alpha value is -3.59. The van der Waals surface area contributed by atoms with E-state index in [1.54, 1.807) is 12.1 Å². The van der Waals surface area contributed by atoms with E-state index in [1.807, 2.05) is 24.3 Å². The molecule has 0 amide bonds. The minimum atomic E-state index is -0.624. The van der Waals surface area contributed by atoms with Gasteiger partial charge in [-0.15, -0.1) is 0 Å². The summed E-state index contributed by atoms with van der Waals surface area (Å²) in [5.41, 5.74) is 8.04. The van der Waals surface area contributed by atoms with Crippen LogP contribution >= 0.6 is 0 Å². The Balaban J connectivity index is 2.11. The zero-order chi connectivity index (χ0) is 18.4. The monoisotopic (exact) mass is 347 g/mol. The van der Waals surface area contributed by atoms with Crippen LogP contribution in [-0.2, 0) is 0 Å². The third kappa shape index (κ3) is 2.18. The normalized spacial score (nSPS) is 16.1. The van der Waals surface area contributed by atoms with Gasteiger partial charge in [0, 0.05) is 12.3 Å². The third-order valence-corrected chi connectivity index (χ3v) is 4.54. The van der Waals surface area contributed by atoms with Gasteiger partial charge in [0.1, 0.15) is 17.5 Å². The summed E-state index contributed by atoms with van der Waals surface area (Å²) in [5.74, 6) is -0.789. The zero-order valence-electron chi connectivity index (χ0n) is 13.9. The van der Waals surface area contributed by atoms with Crippen molar-refractivity contribution >= 4 is 16.8 Å². The molecule has 26 heavy (non-hydrogen) atoms. The second-order valence-corrected chi connectivity index (χ2v) is 6.06. The number of para-hydroxylation sites is 1. The number of nitrogens with zero attached hydrogens (tertiary/aromatic N) is 2. The van der Waals surface area contributed by atoms with Gasteiger partial charge in [0.15, 0.2) is 5.75 Å². The molecule has 0 saturated carbocycles. The van der Waals surface area contributed by atoms with E-state index in [0.717, 1.165) is 5.39 Å². The highest BCUT2D eigenvalue weighted by molar-refractivity contribution is 5.98. The number of hydrogen-bond acceptors (Lipinski definition) is 4. The molecular weight excluding hydrogens is 333 g/mol. The average molecular weight is 347 g/mol. The number of benzene rings is 2. The van der Waals surface area contributed by atoms with E-state index in [9.17, 15) is 14.4 Å². The molecule has 2 heterocycles. The van der Waals surface area contributed by atoms with Crippen molar-refractivity contribution in [3.8, 4) is 11.8 Å². The average Bonchev–Trinajstić information content (AvgIpc) is 2.95. The Morgan fingerprint density at radius 2 is 1.92 bits per heavy atom. The maximum Gasteiger partial charge on any atom is 0.228 e. The number of nitriles is 1. The van der Waals surface area contributed by atoms with E-state index in [2.05, 4.69) is 6.07 Å². The number of allylic oxidation sites excluding steroid dienone is 1. The maximum atomic E-state index is 13.4. The lowest BCUT2D eigenvalue weighted by Gasteiger charge is -2.25. The lowest BCUT2D eigenvalue weighted by atomic mass is 9.87. The highest BCUT2D eigenvalue weighted by atomic mass is 19.1. The fourth-order valence-corrected chi connectivity index (χ4v) is 3.48. The first-order valence-electron chi connectivity index (χ1n) is 8.00. The van der Waals surface area contributed by atoms with Crippen molar-refractivity contribution in [3.63, 3.8) is 0 Å². The van der Waals surface area contributed by atoms with Gasteiger partial charge < -0.3 is 10.5 Å². The number of aromatic nitrogens is 1. The summed E-state index contributed by atoms with van der Waals surface area (Å²) in [6.45, 7) is 1.45. The van der Waals surface area contributed by atoms with Crippen LogP contribution in [0.5, 0.6) is 5.75 Å². The molecular formula is C20H14FN3O2. The number of carbonyl (C=O) groups is 1. The van der Waals surface area contributed by atoms with Gasteiger partial charge in [0.05, 0.1) is 17.1 Å². The molecule has 1 aliphatic heterocycles. The van der Waals surface area contributed by atoms with Crippen LogP contribution in [0.15, 0.2) is 60.0 Å². The van der Waals surface area contributed by atoms with Crippen molar-refractivity contribution in [1.82, 2.24) is 4.57 Å². The molecule has 0 spiro atoms. The second kappa shape index (κ2) is 5.74. The van der Waals surface area contributed by atoms with Crippen molar-refractivity contribution < 1.29 is 13.9 Å². The van der Waals surface area contributed by atoms with E-state index in [1.165, 1.54) is 23.6 Å². The van der Waals surface area contributed by atoms with Gasteiger partial charge in [-0.3, -0.25) is 9.36 Å². The van der Waals surface area contributed by atoms with Gasteiger partial charge in [-0.2, -0.15) is 5.26 Å². The summed E-state index contributed by atoms with van der Waals surface area (Å²) in [6.07, 6.45) is 0. The molecule has 1 aromatic heterocycles. The minimum absolute atomic E-state index is 0.0132. The van der Waals surface area contributed by atoms with Crippen LogP contribution in [0.1, 0.15) is 28.9 Å². The summed E-state index contributed by atoms with van der Waals surface area (Å²) in [6, 6.07) is 15.2. The fourth-order valence-electron chi connectivity index (χ4n) is 3.48. The number of fused-ring (bicyclic) bond motifs is 3. The Morgan fingerprint density at radius 3 is 2.58 bits per heavy atom. The molecule has 4 rings (SSSR count). The molecule has 0 unspecified atom stereocenters. The zero-order valence-corrected chi connectivity index (χ0v) is 13.9. The van der Waals surface area contributed by atoms with E-state index in [-0.39, 0.29) is 23.2 Å². The van der Waals surface area contributed by atoms with Crippen LogP contribution in [0.4, 0.5) is 4.39 Å². The molecule has 0 bridgehead atoms. The largest absolute Gasteiger partial charge is 0.438 e. The number of carbonyl (C=O) groups excluding carboxylic acids is 1. The molecule has 5 nitrogen and oxygen atoms in total. The van der Waals surface area contributed by atoms with Crippen molar-refractivity contribution in [2.45, 2.75) is 12.8 Å². The van der Waals surface area contributed by atoms with Gasteiger partial charge in [-0.05, 0) is 29.8 Å². The third-order valence-electron chi connectivity index (χ3n) is 4.54. The molecule has 2 N–H and O–H groups in total. The number of nitrogens with two attached hydrogens (primary N) is 1. The van der Waals surface area contributed by atoms with Gasteiger partial charge in [-0.1, -0.05) is 24.3 Å². The lowest BCUT2D eigenvalue weighted by molar-refractivity contribution is 0.0937. The molecule has 128 valence electrons. The Kier molecular flexibility index (Phi) is 3.51. The summed E-state index contributed by atoms with van der Waals surface area (Å²) < 4.78 is 20.7. The Morgan fingerprint density at radius 1 is 1.23 bits per heavy atom. The molecule has 6 heteroatoms. The van der Waals surface area contributed by atoms with Crippen LogP contribution in [-0.4, -0.2) is 10.5 Å². The van der Waals surface area contributed by atoms with E-state index in [0.29, 0.717) is 22.5 Å². The van der Waals surface area contributed by atoms with E-state index >= 15 is 0 Å². The Bertz CT molecular complexity index is 1120. The highest BCUT2D eigenvalue weighted by Crippen LogP contribution is 2.47. The van der Waals surface area contributed by atoms with Crippen molar-refractivity contribution in [1.29, 1.82) is 5.26 Å². The molecule has 1 atom stereocenters. The molecule has 3 aromatic rings. The second-order valence-electron chi connectivity index (χ2n) is 6.06. The Labute approximate surface area is 148 Å². The van der Waals surface area contributed by atoms with Gasteiger partial charge in [0.25, 0.3) is 0 Å². The predicted molar refractivity (Wildman–Crippen MR) is 93.9 cm³/mol. The van der Waals surface area contributed by atoms with Gasteiger partial charge in [0.2, 0.25) is 11.8 Å². The van der Waals surface area contributed by atoms with Crippen LogP contribution in [0, 0.1) is 17.1 Å². The first kappa shape index (κ1) is 15.9. The smallest absolute Gasteiger partial charge is 0.228 e. The fraction of sp³-hybridized carbons (Fsp3) is 0.100. The number of halogens is 1. The first-order chi connectivity index (χ1) is 12.5. The maximum absolute atomic E-state index is 13.4.